The molecule has 0 bridgehead atoms. The Morgan fingerprint density at radius 1 is 1.30 bits per heavy atom. The summed E-state index contributed by atoms with van der Waals surface area (Å²) in [4.78, 5) is 31.4. The van der Waals surface area contributed by atoms with Crippen LogP contribution in [-0.4, -0.2) is 64.9 Å². The molecule has 0 radical (unpaired) electrons. The standard InChI is InChI=1S/C18H23F3N3O8P/c1-7(25)33(29,30)32-17(2,3)5-10-12(26)13(27)14(31-10)8-4-9-15(24-16(8)28)23-11(6-22-9)18(19,20)21/h4,6-7,10,12-14,25-27H,5H2,1-3H3,(H,29,30)(H,23,24,28)/t7?,10-,12?,13?,14+/m1/s1. The van der Waals surface area contributed by atoms with E-state index in [4.69, 9.17) is 9.26 Å². The molecule has 0 spiro atoms. The lowest BCUT2D eigenvalue weighted by atomic mass is 9.95. The molecule has 0 saturated carbocycles. The summed E-state index contributed by atoms with van der Waals surface area (Å²) in [6.07, 6.45) is -10.2. The Hall–Kier alpha value is -1.93. The quantitative estimate of drug-likeness (QED) is 0.365. The molecule has 5 N–H and O–H groups in total. The number of hydrogen-bond acceptors (Lipinski definition) is 9. The van der Waals surface area contributed by atoms with E-state index in [9.17, 15) is 42.7 Å². The van der Waals surface area contributed by atoms with Crippen molar-refractivity contribution in [3.8, 4) is 0 Å². The van der Waals surface area contributed by atoms with E-state index in [2.05, 4.69) is 15.0 Å². The zero-order chi connectivity index (χ0) is 24.9. The average molecular weight is 497 g/mol. The molecule has 0 amide bonds. The second-order valence-corrected chi connectivity index (χ2v) is 10.4. The number of nitrogens with zero attached hydrogens (tertiary/aromatic N) is 2. The number of halogens is 3. The van der Waals surface area contributed by atoms with Gasteiger partial charge in [-0.3, -0.25) is 14.3 Å². The maximum atomic E-state index is 12.8. The first-order valence-electron chi connectivity index (χ1n) is 9.72. The molecule has 1 saturated heterocycles. The van der Waals surface area contributed by atoms with Crippen LogP contribution in [0.2, 0.25) is 0 Å². The predicted octanol–water partition coefficient (Wildman–Crippen LogP) is 1.21. The van der Waals surface area contributed by atoms with E-state index >= 15 is 0 Å². The molecule has 0 aliphatic carbocycles. The van der Waals surface area contributed by atoms with Crippen molar-refractivity contribution >= 4 is 18.8 Å². The van der Waals surface area contributed by atoms with Gasteiger partial charge in [-0.1, -0.05) is 0 Å². The van der Waals surface area contributed by atoms with E-state index < -0.39 is 66.5 Å². The number of aliphatic hydroxyl groups is 3. The minimum atomic E-state index is -4.76. The maximum Gasteiger partial charge on any atom is 0.434 e. The van der Waals surface area contributed by atoms with Crippen LogP contribution >= 0.6 is 7.60 Å². The third-order valence-corrected chi connectivity index (χ3v) is 6.79. The Balaban J connectivity index is 1.86. The zero-order valence-electron chi connectivity index (χ0n) is 17.6. The van der Waals surface area contributed by atoms with E-state index in [0.29, 0.717) is 6.20 Å². The van der Waals surface area contributed by atoms with Crippen molar-refractivity contribution in [2.24, 2.45) is 0 Å². The summed E-state index contributed by atoms with van der Waals surface area (Å²) < 4.78 is 61.2. The van der Waals surface area contributed by atoms with Crippen LogP contribution in [0.3, 0.4) is 0 Å². The Labute approximate surface area is 184 Å². The molecule has 3 heterocycles. The van der Waals surface area contributed by atoms with Crippen LogP contribution in [0.15, 0.2) is 17.1 Å². The molecule has 15 heteroatoms. The van der Waals surface area contributed by atoms with Gasteiger partial charge in [0.25, 0.3) is 5.56 Å². The molecule has 2 aromatic heterocycles. The molecular weight excluding hydrogens is 474 g/mol. The topological polar surface area (TPSA) is 175 Å². The molecule has 184 valence electrons. The fourth-order valence-corrected chi connectivity index (χ4v) is 4.40. The van der Waals surface area contributed by atoms with E-state index in [-0.39, 0.29) is 17.5 Å². The summed E-state index contributed by atoms with van der Waals surface area (Å²) >= 11 is 0. The summed E-state index contributed by atoms with van der Waals surface area (Å²) in [7, 11) is -4.40. The average Bonchev–Trinajstić information content (AvgIpc) is 2.93. The summed E-state index contributed by atoms with van der Waals surface area (Å²) in [5.74, 6) is -1.67. The monoisotopic (exact) mass is 497 g/mol. The Kier molecular flexibility index (Phi) is 6.77. The number of fused-ring (bicyclic) bond motifs is 1. The van der Waals surface area contributed by atoms with Gasteiger partial charge in [0.05, 0.1) is 23.5 Å². The van der Waals surface area contributed by atoms with Crippen molar-refractivity contribution in [2.75, 3.05) is 0 Å². The summed E-state index contributed by atoms with van der Waals surface area (Å²) in [5.41, 5.74) is -4.33. The number of ether oxygens (including phenoxy) is 1. The van der Waals surface area contributed by atoms with Crippen LogP contribution in [0.25, 0.3) is 11.2 Å². The summed E-state index contributed by atoms with van der Waals surface area (Å²) in [6.45, 7) is 3.89. The van der Waals surface area contributed by atoms with Gasteiger partial charge in [0.15, 0.2) is 17.2 Å². The molecule has 6 atom stereocenters. The van der Waals surface area contributed by atoms with Crippen molar-refractivity contribution in [1.82, 2.24) is 15.0 Å². The third kappa shape index (κ3) is 5.43. The van der Waals surface area contributed by atoms with Crippen molar-refractivity contribution in [3.63, 3.8) is 0 Å². The van der Waals surface area contributed by atoms with Gasteiger partial charge in [-0.15, -0.1) is 0 Å². The highest BCUT2D eigenvalue weighted by Gasteiger charge is 2.47. The predicted molar refractivity (Wildman–Crippen MR) is 106 cm³/mol. The molecule has 1 fully saturated rings. The SMILES string of the molecule is CC(O)P(=O)(O)OC(C)(C)C[C@H]1O[C@@H](c2cc3ncc(C(F)(F)F)nc3[nH]c2=O)C(O)C1O. The van der Waals surface area contributed by atoms with Crippen molar-refractivity contribution < 1.29 is 47.2 Å². The van der Waals surface area contributed by atoms with Crippen molar-refractivity contribution in [3.05, 3.63) is 33.9 Å². The Morgan fingerprint density at radius 3 is 2.52 bits per heavy atom. The fraction of sp³-hybridized carbons (Fsp3) is 0.611. The van der Waals surface area contributed by atoms with E-state index in [0.717, 1.165) is 13.0 Å². The van der Waals surface area contributed by atoms with Gasteiger partial charge in [-0.2, -0.15) is 13.2 Å². The van der Waals surface area contributed by atoms with E-state index in [1.807, 2.05) is 0 Å². The number of rotatable bonds is 6. The number of aliphatic hydroxyl groups excluding tert-OH is 3. The van der Waals surface area contributed by atoms with Crippen molar-refractivity contribution in [1.29, 1.82) is 0 Å². The Morgan fingerprint density at radius 2 is 1.94 bits per heavy atom. The maximum absolute atomic E-state index is 12.8. The second-order valence-electron chi connectivity index (χ2n) is 8.37. The largest absolute Gasteiger partial charge is 0.434 e. The minimum absolute atomic E-state index is 0.104. The number of pyridine rings is 1. The van der Waals surface area contributed by atoms with Gasteiger partial charge in [-0.05, 0) is 26.8 Å². The summed E-state index contributed by atoms with van der Waals surface area (Å²) in [5, 5.41) is 30.3. The highest BCUT2D eigenvalue weighted by atomic mass is 31.2. The number of H-pyrrole nitrogens is 1. The van der Waals surface area contributed by atoms with Crippen LogP contribution in [0, 0.1) is 0 Å². The van der Waals surface area contributed by atoms with Gasteiger partial charge in [0.2, 0.25) is 0 Å². The van der Waals surface area contributed by atoms with Crippen LogP contribution in [-0.2, 0) is 20.0 Å². The normalized spacial score (nSPS) is 27.0. The smallest absolute Gasteiger partial charge is 0.388 e. The third-order valence-electron chi connectivity index (χ3n) is 5.09. The van der Waals surface area contributed by atoms with Crippen molar-refractivity contribution in [2.45, 2.75) is 69.2 Å². The van der Waals surface area contributed by atoms with Gasteiger partial charge in [0.1, 0.15) is 23.8 Å². The summed E-state index contributed by atoms with van der Waals surface area (Å²) in [6, 6.07) is 1.10. The number of alkyl halides is 3. The molecular formula is C18H23F3N3O8P. The molecule has 2 aromatic rings. The minimum Gasteiger partial charge on any atom is -0.388 e. The molecule has 1 aliphatic rings. The van der Waals surface area contributed by atoms with Crippen LogP contribution in [0.5, 0.6) is 0 Å². The molecule has 11 nitrogen and oxygen atoms in total. The lowest BCUT2D eigenvalue weighted by molar-refractivity contribution is -0.141. The van der Waals surface area contributed by atoms with Gasteiger partial charge in [-0.25, -0.2) is 4.98 Å². The van der Waals surface area contributed by atoms with E-state index in [1.54, 1.807) is 0 Å². The lowest BCUT2D eigenvalue weighted by Gasteiger charge is -2.31. The van der Waals surface area contributed by atoms with Gasteiger partial charge < -0.3 is 34.5 Å². The van der Waals surface area contributed by atoms with Crippen LogP contribution < -0.4 is 5.56 Å². The molecule has 1 aliphatic heterocycles. The first-order valence-corrected chi connectivity index (χ1v) is 11.4. The highest BCUT2D eigenvalue weighted by Crippen LogP contribution is 2.51. The zero-order valence-corrected chi connectivity index (χ0v) is 18.5. The number of hydrogen-bond donors (Lipinski definition) is 5. The number of aromatic amines is 1. The number of nitrogens with one attached hydrogen (secondary N) is 1. The first-order chi connectivity index (χ1) is 15.0. The molecule has 33 heavy (non-hydrogen) atoms. The second kappa shape index (κ2) is 8.69. The van der Waals surface area contributed by atoms with Crippen LogP contribution in [0.4, 0.5) is 13.2 Å². The molecule has 3 rings (SSSR count). The molecule has 4 unspecified atom stereocenters. The highest BCUT2D eigenvalue weighted by molar-refractivity contribution is 7.53. The van der Waals surface area contributed by atoms with Gasteiger partial charge in [0, 0.05) is 6.42 Å². The fourth-order valence-electron chi connectivity index (χ4n) is 3.46. The Bertz CT molecular complexity index is 1140. The lowest BCUT2D eigenvalue weighted by Crippen LogP contribution is -2.37. The van der Waals surface area contributed by atoms with Crippen LogP contribution in [0.1, 0.15) is 44.6 Å². The molecule has 0 aromatic carbocycles. The van der Waals surface area contributed by atoms with E-state index in [1.165, 1.54) is 13.8 Å². The number of aromatic nitrogens is 3. The first kappa shape index (κ1) is 25.7. The van der Waals surface area contributed by atoms with Gasteiger partial charge >= 0.3 is 13.8 Å².